The zero-order valence-corrected chi connectivity index (χ0v) is 27.0. The molecule has 1 aliphatic heterocycles. The lowest BCUT2D eigenvalue weighted by atomic mass is 9.86. The summed E-state index contributed by atoms with van der Waals surface area (Å²) in [6, 6.07) is 23.3. The standard InChI is InChI=1S/C35H46N2O4S/c1-26(38)36-20-21-37(22-27-8-12-29(13-9-27)34(2,3)4)31(23-36)25-42(39,40)33-18-16-32(17-19-33)41-24-28-10-14-30(15-11-28)35(5,6)7/h8-19,31H,20-25H2,1-7H3. The minimum atomic E-state index is -3.60. The van der Waals surface area contributed by atoms with Gasteiger partial charge in [0.2, 0.25) is 5.91 Å². The van der Waals surface area contributed by atoms with Crippen molar-refractivity contribution in [2.24, 2.45) is 0 Å². The largest absolute Gasteiger partial charge is 0.489 e. The predicted molar refractivity (Wildman–Crippen MR) is 170 cm³/mol. The molecule has 0 aliphatic carbocycles. The molecule has 7 heteroatoms. The first kappa shape index (κ1) is 31.8. The van der Waals surface area contributed by atoms with E-state index in [1.165, 1.54) is 11.1 Å². The summed E-state index contributed by atoms with van der Waals surface area (Å²) < 4.78 is 33.1. The maximum Gasteiger partial charge on any atom is 0.219 e. The van der Waals surface area contributed by atoms with Crippen LogP contribution < -0.4 is 4.74 Å². The number of hydrogen-bond acceptors (Lipinski definition) is 5. The molecule has 0 radical (unpaired) electrons. The van der Waals surface area contributed by atoms with E-state index in [9.17, 15) is 13.2 Å². The highest BCUT2D eigenvalue weighted by Gasteiger charge is 2.32. The van der Waals surface area contributed by atoms with Crippen LogP contribution in [0.1, 0.15) is 70.7 Å². The minimum absolute atomic E-state index is 0.0267. The van der Waals surface area contributed by atoms with Crippen LogP contribution >= 0.6 is 0 Å². The van der Waals surface area contributed by atoms with Crippen molar-refractivity contribution in [1.82, 2.24) is 9.80 Å². The normalized spacial score (nSPS) is 16.8. The number of nitrogens with zero attached hydrogens (tertiary/aromatic N) is 2. The Balaban J connectivity index is 1.43. The molecule has 1 aliphatic rings. The quantitative estimate of drug-likeness (QED) is 0.305. The fourth-order valence-corrected chi connectivity index (χ4v) is 6.82. The number of rotatable bonds is 8. The number of carbonyl (C=O) groups excluding carboxylic acids is 1. The van der Waals surface area contributed by atoms with Crippen LogP contribution in [0.5, 0.6) is 5.75 Å². The molecular weight excluding hydrogens is 544 g/mol. The van der Waals surface area contributed by atoms with Gasteiger partial charge in [-0.1, -0.05) is 90.1 Å². The topological polar surface area (TPSA) is 66.9 Å². The lowest BCUT2D eigenvalue weighted by Crippen LogP contribution is -2.56. The third-order valence-corrected chi connectivity index (χ3v) is 9.89. The van der Waals surface area contributed by atoms with Gasteiger partial charge in [0.25, 0.3) is 0 Å². The molecule has 0 saturated carbocycles. The van der Waals surface area contributed by atoms with E-state index >= 15 is 0 Å². The molecular formula is C35H46N2O4S. The maximum atomic E-state index is 13.6. The third kappa shape index (κ3) is 8.23. The van der Waals surface area contributed by atoms with Gasteiger partial charge in [-0.25, -0.2) is 8.42 Å². The summed E-state index contributed by atoms with van der Waals surface area (Å²) in [6.45, 7) is 17.3. The lowest BCUT2D eigenvalue weighted by molar-refractivity contribution is -0.131. The van der Waals surface area contributed by atoms with E-state index in [4.69, 9.17) is 4.74 Å². The Labute approximate surface area is 252 Å². The molecule has 3 aromatic rings. The molecule has 1 heterocycles. The van der Waals surface area contributed by atoms with Gasteiger partial charge >= 0.3 is 0 Å². The summed E-state index contributed by atoms with van der Waals surface area (Å²) in [7, 11) is -3.60. The molecule has 3 aromatic carbocycles. The molecule has 0 bridgehead atoms. The van der Waals surface area contributed by atoms with Crippen molar-refractivity contribution < 1.29 is 17.9 Å². The first-order chi connectivity index (χ1) is 19.6. The highest BCUT2D eigenvalue weighted by Crippen LogP contribution is 2.26. The van der Waals surface area contributed by atoms with E-state index in [0.29, 0.717) is 38.5 Å². The monoisotopic (exact) mass is 590 g/mol. The number of ether oxygens (including phenoxy) is 1. The fourth-order valence-electron chi connectivity index (χ4n) is 5.25. The Bertz CT molecular complexity index is 1450. The molecule has 226 valence electrons. The van der Waals surface area contributed by atoms with Crippen LogP contribution in [0.4, 0.5) is 0 Å². The summed E-state index contributed by atoms with van der Waals surface area (Å²) in [5.74, 6) is 0.535. The van der Waals surface area contributed by atoms with Crippen LogP contribution in [0.25, 0.3) is 0 Å². The maximum absolute atomic E-state index is 13.6. The van der Waals surface area contributed by atoms with Gasteiger partial charge in [-0.3, -0.25) is 9.69 Å². The van der Waals surface area contributed by atoms with Crippen molar-refractivity contribution in [3.63, 3.8) is 0 Å². The molecule has 1 amide bonds. The van der Waals surface area contributed by atoms with Gasteiger partial charge in [0.05, 0.1) is 10.6 Å². The zero-order chi connectivity index (χ0) is 30.7. The van der Waals surface area contributed by atoms with E-state index < -0.39 is 9.84 Å². The molecule has 4 rings (SSSR count). The summed E-state index contributed by atoms with van der Waals surface area (Å²) in [4.78, 5) is 16.4. The van der Waals surface area contributed by atoms with Crippen LogP contribution in [0, 0.1) is 0 Å². The van der Waals surface area contributed by atoms with Gasteiger partial charge in [0.15, 0.2) is 9.84 Å². The Morgan fingerprint density at radius 3 is 1.81 bits per heavy atom. The second kappa shape index (κ2) is 12.6. The molecule has 0 spiro atoms. The SMILES string of the molecule is CC(=O)N1CCN(Cc2ccc(C(C)(C)C)cc2)C(CS(=O)(=O)c2ccc(OCc3ccc(C(C)(C)C)cc3)cc2)C1. The predicted octanol–water partition coefficient (Wildman–Crippen LogP) is 6.37. The number of piperazine rings is 1. The molecule has 42 heavy (non-hydrogen) atoms. The van der Waals surface area contributed by atoms with E-state index in [-0.39, 0.29) is 33.4 Å². The summed E-state index contributed by atoms with van der Waals surface area (Å²) >= 11 is 0. The van der Waals surface area contributed by atoms with E-state index in [0.717, 1.165) is 11.1 Å². The van der Waals surface area contributed by atoms with Gasteiger partial charge < -0.3 is 9.64 Å². The summed E-state index contributed by atoms with van der Waals surface area (Å²) in [6.07, 6.45) is 0. The molecule has 0 N–H and O–H groups in total. The lowest BCUT2D eigenvalue weighted by Gasteiger charge is -2.41. The van der Waals surface area contributed by atoms with Crippen molar-refractivity contribution in [3.05, 3.63) is 95.1 Å². The van der Waals surface area contributed by atoms with E-state index in [1.54, 1.807) is 36.1 Å². The first-order valence-electron chi connectivity index (χ1n) is 14.8. The molecule has 1 fully saturated rings. The average molecular weight is 591 g/mol. The Morgan fingerprint density at radius 2 is 1.31 bits per heavy atom. The van der Waals surface area contributed by atoms with Gasteiger partial charge in [-0.2, -0.15) is 0 Å². The van der Waals surface area contributed by atoms with Crippen LogP contribution in [0.2, 0.25) is 0 Å². The highest BCUT2D eigenvalue weighted by molar-refractivity contribution is 7.91. The number of carbonyl (C=O) groups is 1. The summed E-state index contributed by atoms with van der Waals surface area (Å²) in [5, 5.41) is 0. The van der Waals surface area contributed by atoms with Crippen LogP contribution in [-0.4, -0.2) is 55.6 Å². The van der Waals surface area contributed by atoms with Crippen molar-refractivity contribution in [1.29, 1.82) is 0 Å². The van der Waals surface area contributed by atoms with Crippen LogP contribution in [0.3, 0.4) is 0 Å². The molecule has 0 aromatic heterocycles. The zero-order valence-electron chi connectivity index (χ0n) is 26.2. The smallest absolute Gasteiger partial charge is 0.219 e. The van der Waals surface area contributed by atoms with Crippen molar-refractivity contribution in [3.8, 4) is 5.75 Å². The second-order valence-corrected chi connectivity index (χ2v) is 15.6. The highest BCUT2D eigenvalue weighted by atomic mass is 32.2. The number of benzene rings is 3. The van der Waals surface area contributed by atoms with Gasteiger partial charge in [-0.15, -0.1) is 0 Å². The van der Waals surface area contributed by atoms with Crippen LogP contribution in [-0.2, 0) is 38.6 Å². The van der Waals surface area contributed by atoms with Crippen molar-refractivity contribution in [2.45, 2.75) is 83.4 Å². The van der Waals surface area contributed by atoms with Crippen LogP contribution in [0.15, 0.2) is 77.7 Å². The molecule has 1 unspecified atom stereocenters. The second-order valence-electron chi connectivity index (χ2n) is 13.5. The fraction of sp³-hybridized carbons (Fsp3) is 0.457. The molecule has 1 saturated heterocycles. The third-order valence-electron chi connectivity index (χ3n) is 8.08. The first-order valence-corrected chi connectivity index (χ1v) is 16.4. The summed E-state index contributed by atoms with van der Waals surface area (Å²) in [5.41, 5.74) is 4.88. The van der Waals surface area contributed by atoms with E-state index in [2.05, 4.69) is 95.0 Å². The van der Waals surface area contributed by atoms with Crippen molar-refractivity contribution >= 4 is 15.7 Å². The number of hydrogen-bond donors (Lipinski definition) is 0. The number of sulfone groups is 1. The Kier molecular flexibility index (Phi) is 9.53. The van der Waals surface area contributed by atoms with Gasteiger partial charge in [0, 0.05) is 39.1 Å². The molecule has 6 nitrogen and oxygen atoms in total. The average Bonchev–Trinajstić information content (AvgIpc) is 2.92. The van der Waals surface area contributed by atoms with Gasteiger partial charge in [-0.05, 0) is 57.3 Å². The molecule has 1 atom stereocenters. The minimum Gasteiger partial charge on any atom is -0.489 e. The Hall–Kier alpha value is -3.16. The van der Waals surface area contributed by atoms with Gasteiger partial charge in [0.1, 0.15) is 12.4 Å². The van der Waals surface area contributed by atoms with Crippen molar-refractivity contribution in [2.75, 3.05) is 25.4 Å². The number of amides is 1. The van der Waals surface area contributed by atoms with E-state index in [1.807, 2.05) is 0 Å². The Morgan fingerprint density at radius 1 is 0.786 bits per heavy atom.